The van der Waals surface area contributed by atoms with E-state index in [2.05, 4.69) is 56.2 Å². The first-order valence-electron chi connectivity index (χ1n) is 5.50. The van der Waals surface area contributed by atoms with Crippen LogP contribution in [0.15, 0.2) is 29.3 Å². The molecule has 0 atom stereocenters. The maximum Gasteiger partial charge on any atom is 0.189 e. The van der Waals surface area contributed by atoms with E-state index in [4.69, 9.17) is 5.73 Å². The van der Waals surface area contributed by atoms with Crippen LogP contribution in [-0.4, -0.2) is 11.5 Å². The number of nitrogens with two attached hydrogens (primary N) is 1. The Hall–Kier alpha value is -1.51. The zero-order valence-corrected chi connectivity index (χ0v) is 10.5. The molecule has 3 nitrogen and oxygen atoms in total. The van der Waals surface area contributed by atoms with Gasteiger partial charge in [-0.3, -0.25) is 0 Å². The van der Waals surface area contributed by atoms with E-state index in [9.17, 15) is 0 Å². The summed E-state index contributed by atoms with van der Waals surface area (Å²) in [5.41, 5.74) is 8.17. The fourth-order valence-electron chi connectivity index (χ4n) is 1.41. The van der Waals surface area contributed by atoms with Crippen molar-refractivity contribution in [2.24, 2.45) is 10.7 Å². The van der Waals surface area contributed by atoms with Gasteiger partial charge < -0.3 is 11.1 Å². The third-order valence-corrected chi connectivity index (χ3v) is 2.02. The van der Waals surface area contributed by atoms with E-state index in [1.165, 1.54) is 11.1 Å². The molecule has 0 saturated heterocycles. The van der Waals surface area contributed by atoms with Gasteiger partial charge in [-0.2, -0.15) is 0 Å². The molecule has 0 bridgehead atoms. The summed E-state index contributed by atoms with van der Waals surface area (Å²) in [6.45, 7) is 8.87. The number of nitrogens with zero attached hydrogens (tertiary/aromatic N) is 1. The lowest BCUT2D eigenvalue weighted by atomic mass is 10.1. The summed E-state index contributed by atoms with van der Waals surface area (Å²) >= 11 is 0. The average Bonchev–Trinajstić information content (AvgIpc) is 2.12. The van der Waals surface area contributed by atoms with Gasteiger partial charge in [0.1, 0.15) is 0 Å². The Balaban J connectivity index is 2.59. The van der Waals surface area contributed by atoms with Crippen molar-refractivity contribution in [1.82, 2.24) is 5.32 Å². The van der Waals surface area contributed by atoms with Gasteiger partial charge in [-0.05, 0) is 33.3 Å². The summed E-state index contributed by atoms with van der Waals surface area (Å²) < 4.78 is 0. The van der Waals surface area contributed by atoms with E-state index in [1.807, 2.05) is 6.07 Å². The van der Waals surface area contributed by atoms with Gasteiger partial charge in [0.15, 0.2) is 5.96 Å². The van der Waals surface area contributed by atoms with Crippen molar-refractivity contribution in [2.45, 2.75) is 39.8 Å². The van der Waals surface area contributed by atoms with E-state index >= 15 is 0 Å². The van der Waals surface area contributed by atoms with Crippen molar-refractivity contribution >= 4 is 5.96 Å². The van der Waals surface area contributed by atoms with E-state index < -0.39 is 0 Å². The monoisotopic (exact) mass is 219 g/mol. The smallest absolute Gasteiger partial charge is 0.189 e. The molecule has 0 fully saturated rings. The summed E-state index contributed by atoms with van der Waals surface area (Å²) in [5.74, 6) is 0.494. The number of aliphatic imine (C=N–C) groups is 1. The largest absolute Gasteiger partial charge is 0.370 e. The Morgan fingerprint density at radius 2 is 2.06 bits per heavy atom. The maximum atomic E-state index is 5.78. The minimum Gasteiger partial charge on any atom is -0.370 e. The third kappa shape index (κ3) is 4.82. The van der Waals surface area contributed by atoms with Crippen LogP contribution in [0.5, 0.6) is 0 Å². The predicted octanol–water partition coefficient (Wildman–Crippen LogP) is 2.20. The van der Waals surface area contributed by atoms with E-state index in [1.54, 1.807) is 0 Å². The quantitative estimate of drug-likeness (QED) is 0.592. The minimum atomic E-state index is -0.0415. The van der Waals surface area contributed by atoms with Crippen LogP contribution < -0.4 is 11.1 Å². The lowest BCUT2D eigenvalue weighted by Crippen LogP contribution is -2.44. The lowest BCUT2D eigenvalue weighted by molar-refractivity contribution is 0.508. The van der Waals surface area contributed by atoms with Crippen LogP contribution in [-0.2, 0) is 6.54 Å². The second-order valence-electron chi connectivity index (χ2n) is 5.07. The Kier molecular flexibility index (Phi) is 3.93. The van der Waals surface area contributed by atoms with E-state index in [0.29, 0.717) is 12.5 Å². The van der Waals surface area contributed by atoms with Crippen LogP contribution in [0.25, 0.3) is 0 Å². The Bertz CT molecular complexity index is 375. The maximum absolute atomic E-state index is 5.78. The number of aryl methyl sites for hydroxylation is 1. The van der Waals surface area contributed by atoms with Crippen molar-refractivity contribution in [3.05, 3.63) is 35.4 Å². The standard InChI is InChI=1S/C13H21N3/c1-10-6-5-7-11(8-10)9-15-12(14)16-13(2,3)4/h5-8H,9H2,1-4H3,(H3,14,15,16). The highest BCUT2D eigenvalue weighted by Crippen LogP contribution is 2.05. The molecule has 0 amide bonds. The van der Waals surface area contributed by atoms with Crippen molar-refractivity contribution in [3.8, 4) is 0 Å². The number of rotatable bonds is 2. The Morgan fingerprint density at radius 3 is 2.62 bits per heavy atom. The molecule has 1 rings (SSSR count). The van der Waals surface area contributed by atoms with E-state index in [-0.39, 0.29) is 5.54 Å². The molecule has 0 aliphatic heterocycles. The SMILES string of the molecule is Cc1cccc(CN=C(N)NC(C)(C)C)c1. The predicted molar refractivity (Wildman–Crippen MR) is 69.4 cm³/mol. The summed E-state index contributed by atoms with van der Waals surface area (Å²) in [6, 6.07) is 8.28. The van der Waals surface area contributed by atoms with Crippen molar-refractivity contribution in [2.75, 3.05) is 0 Å². The molecule has 1 aromatic rings. The Morgan fingerprint density at radius 1 is 1.38 bits per heavy atom. The molecule has 0 aromatic heterocycles. The van der Waals surface area contributed by atoms with E-state index in [0.717, 1.165) is 0 Å². The van der Waals surface area contributed by atoms with Gasteiger partial charge in [-0.15, -0.1) is 0 Å². The number of hydrogen-bond donors (Lipinski definition) is 2. The zero-order chi connectivity index (χ0) is 12.2. The van der Waals surface area contributed by atoms with Gasteiger partial charge in [-0.25, -0.2) is 4.99 Å². The molecule has 88 valence electrons. The van der Waals surface area contributed by atoms with Gasteiger partial charge >= 0.3 is 0 Å². The van der Waals surface area contributed by atoms with Crippen LogP contribution in [0.3, 0.4) is 0 Å². The fourth-order valence-corrected chi connectivity index (χ4v) is 1.41. The molecule has 3 heteroatoms. The first kappa shape index (κ1) is 12.6. The topological polar surface area (TPSA) is 50.4 Å². The third-order valence-electron chi connectivity index (χ3n) is 2.02. The van der Waals surface area contributed by atoms with Crippen LogP contribution in [0.4, 0.5) is 0 Å². The highest BCUT2D eigenvalue weighted by Gasteiger charge is 2.09. The molecule has 0 spiro atoms. The number of guanidine groups is 1. The van der Waals surface area contributed by atoms with Crippen LogP contribution in [0.2, 0.25) is 0 Å². The highest BCUT2D eigenvalue weighted by atomic mass is 15.1. The summed E-state index contributed by atoms with van der Waals surface area (Å²) in [5, 5.41) is 3.13. The van der Waals surface area contributed by atoms with Gasteiger partial charge in [0.25, 0.3) is 0 Å². The van der Waals surface area contributed by atoms with Gasteiger partial charge in [0.05, 0.1) is 6.54 Å². The summed E-state index contributed by atoms with van der Waals surface area (Å²) in [6.07, 6.45) is 0. The normalized spacial score (nSPS) is 12.6. The van der Waals surface area contributed by atoms with Crippen molar-refractivity contribution in [3.63, 3.8) is 0 Å². The molecule has 16 heavy (non-hydrogen) atoms. The average molecular weight is 219 g/mol. The molecule has 0 unspecified atom stereocenters. The fraction of sp³-hybridized carbons (Fsp3) is 0.462. The minimum absolute atomic E-state index is 0.0415. The molecule has 0 heterocycles. The van der Waals surface area contributed by atoms with Crippen LogP contribution >= 0.6 is 0 Å². The first-order valence-corrected chi connectivity index (χ1v) is 5.50. The molecular weight excluding hydrogens is 198 g/mol. The highest BCUT2D eigenvalue weighted by molar-refractivity contribution is 5.78. The first-order chi connectivity index (χ1) is 7.37. The second kappa shape index (κ2) is 5.01. The number of hydrogen-bond acceptors (Lipinski definition) is 1. The molecule has 0 aliphatic carbocycles. The molecule has 0 saturated carbocycles. The molecule has 0 radical (unpaired) electrons. The van der Waals surface area contributed by atoms with Crippen molar-refractivity contribution in [1.29, 1.82) is 0 Å². The molecule has 1 aromatic carbocycles. The molecule has 0 aliphatic rings. The lowest BCUT2D eigenvalue weighted by Gasteiger charge is -2.20. The summed E-state index contributed by atoms with van der Waals surface area (Å²) in [7, 11) is 0. The van der Waals surface area contributed by atoms with Crippen LogP contribution in [0.1, 0.15) is 31.9 Å². The Labute approximate surface area is 97.8 Å². The van der Waals surface area contributed by atoms with Gasteiger partial charge in [0, 0.05) is 5.54 Å². The molecule has 3 N–H and O–H groups in total. The van der Waals surface area contributed by atoms with Crippen LogP contribution in [0, 0.1) is 6.92 Å². The second-order valence-corrected chi connectivity index (χ2v) is 5.07. The van der Waals surface area contributed by atoms with Gasteiger partial charge in [-0.1, -0.05) is 29.8 Å². The van der Waals surface area contributed by atoms with Crippen molar-refractivity contribution < 1.29 is 0 Å². The zero-order valence-electron chi connectivity index (χ0n) is 10.5. The van der Waals surface area contributed by atoms with Gasteiger partial charge in [0.2, 0.25) is 0 Å². The summed E-state index contributed by atoms with van der Waals surface area (Å²) in [4.78, 5) is 4.30. The number of benzene rings is 1. The number of nitrogens with one attached hydrogen (secondary N) is 1. The molecular formula is C13H21N3.